The Bertz CT molecular complexity index is 164. The molecule has 4 heteroatoms. The quantitative estimate of drug-likeness (QED) is 0.274. The van der Waals surface area contributed by atoms with Gasteiger partial charge in [0.2, 0.25) is 0 Å². The molecule has 0 saturated heterocycles. The molecule has 0 aromatic carbocycles. The normalized spacial score (nSPS) is 10.2. The fourth-order valence-electron chi connectivity index (χ4n) is 1.97. The van der Waals surface area contributed by atoms with Crippen LogP contribution in [0.3, 0.4) is 0 Å². The first-order chi connectivity index (χ1) is 9.27. The zero-order valence-electron chi connectivity index (χ0n) is 12.9. The van der Waals surface area contributed by atoms with Crippen LogP contribution < -0.4 is 11.2 Å². The molecule has 4 N–H and O–H groups in total. The van der Waals surface area contributed by atoms with Crippen molar-refractivity contribution in [2.24, 2.45) is 11.8 Å². The van der Waals surface area contributed by atoms with Crippen molar-refractivity contribution in [1.82, 2.24) is 5.32 Å². The summed E-state index contributed by atoms with van der Waals surface area (Å²) in [6.45, 7) is 6.52. The van der Waals surface area contributed by atoms with Crippen LogP contribution in [-0.4, -0.2) is 24.6 Å². The van der Waals surface area contributed by atoms with Gasteiger partial charge >= 0.3 is 0 Å². The standard InChI is InChI=1S/C15H31NO.H3NO/c1-15(2)11-8-6-4-3-5-7-9-12-16-13-10-14-17;1-2/h14-16H,3-13H2,1-2H3;2H,1H2. The molecule has 0 radical (unpaired) electrons. The van der Waals surface area contributed by atoms with E-state index in [0.717, 1.165) is 25.3 Å². The van der Waals surface area contributed by atoms with Crippen molar-refractivity contribution in [3.63, 3.8) is 0 Å². The van der Waals surface area contributed by atoms with Gasteiger partial charge in [-0.2, -0.15) is 0 Å². The zero-order valence-corrected chi connectivity index (χ0v) is 12.9. The van der Waals surface area contributed by atoms with E-state index >= 15 is 0 Å². The summed E-state index contributed by atoms with van der Waals surface area (Å²) in [5.74, 6) is 4.37. The molecule has 0 fully saturated rings. The number of hydrogen-bond donors (Lipinski definition) is 3. The minimum Gasteiger partial charge on any atom is -0.320 e. The van der Waals surface area contributed by atoms with Gasteiger partial charge in [0.05, 0.1) is 0 Å². The molecule has 116 valence electrons. The summed E-state index contributed by atoms with van der Waals surface area (Å²) in [5.41, 5.74) is 0. The summed E-state index contributed by atoms with van der Waals surface area (Å²) in [7, 11) is 0. The Morgan fingerprint density at radius 3 is 2.00 bits per heavy atom. The summed E-state index contributed by atoms with van der Waals surface area (Å²) in [6, 6.07) is 0. The van der Waals surface area contributed by atoms with Crippen LogP contribution in [0.5, 0.6) is 0 Å². The minimum absolute atomic E-state index is 0.649. The molecular weight excluding hydrogens is 240 g/mol. The SMILES string of the molecule is CC(C)CCCCCCCCCNCCC=O.NO. The second-order valence-electron chi connectivity index (χ2n) is 5.36. The van der Waals surface area contributed by atoms with Gasteiger partial charge in [-0.3, -0.25) is 0 Å². The minimum atomic E-state index is 0.649. The van der Waals surface area contributed by atoms with Crippen molar-refractivity contribution < 1.29 is 10.0 Å². The monoisotopic (exact) mass is 274 g/mol. The molecule has 0 amide bonds. The van der Waals surface area contributed by atoms with Gasteiger partial charge in [-0.05, 0) is 18.9 Å². The molecule has 0 aliphatic carbocycles. The van der Waals surface area contributed by atoms with Gasteiger partial charge in [0.25, 0.3) is 0 Å². The topological polar surface area (TPSA) is 75.4 Å². The molecule has 0 unspecified atom stereocenters. The third-order valence-electron chi connectivity index (χ3n) is 3.07. The van der Waals surface area contributed by atoms with Gasteiger partial charge in [0.1, 0.15) is 6.29 Å². The highest BCUT2D eigenvalue weighted by molar-refractivity contribution is 5.49. The Labute approximate surface area is 119 Å². The average Bonchev–Trinajstić information content (AvgIpc) is 2.42. The molecule has 0 bridgehead atoms. The lowest BCUT2D eigenvalue weighted by molar-refractivity contribution is -0.107. The first kappa shape index (κ1) is 20.9. The summed E-state index contributed by atoms with van der Waals surface area (Å²) in [4.78, 5) is 10.1. The van der Waals surface area contributed by atoms with Gasteiger partial charge in [-0.1, -0.05) is 58.8 Å². The molecule has 0 aromatic rings. The molecule has 4 nitrogen and oxygen atoms in total. The van der Waals surface area contributed by atoms with E-state index in [4.69, 9.17) is 5.21 Å². The Kier molecular flexibility index (Phi) is 21.8. The second-order valence-corrected chi connectivity index (χ2v) is 5.36. The predicted molar refractivity (Wildman–Crippen MR) is 81.3 cm³/mol. The number of nitrogens with two attached hydrogens (primary N) is 1. The molecule has 0 atom stereocenters. The van der Waals surface area contributed by atoms with Crippen molar-refractivity contribution in [2.45, 2.75) is 71.6 Å². The number of unbranched alkanes of at least 4 members (excludes halogenated alkanes) is 6. The predicted octanol–water partition coefficient (Wildman–Crippen LogP) is 3.28. The van der Waals surface area contributed by atoms with Crippen LogP contribution in [0.15, 0.2) is 0 Å². The third kappa shape index (κ3) is 23.1. The van der Waals surface area contributed by atoms with E-state index in [1.165, 1.54) is 51.4 Å². The molecule has 0 aromatic heterocycles. The largest absolute Gasteiger partial charge is 0.320 e. The van der Waals surface area contributed by atoms with E-state index in [9.17, 15) is 4.79 Å². The van der Waals surface area contributed by atoms with Crippen LogP contribution in [0.1, 0.15) is 71.6 Å². The Balaban J connectivity index is 0. The first-order valence-corrected chi connectivity index (χ1v) is 7.67. The van der Waals surface area contributed by atoms with E-state index < -0.39 is 0 Å². The summed E-state index contributed by atoms with van der Waals surface area (Å²) < 4.78 is 0. The number of carbonyl (C=O) groups excluding carboxylic acids is 1. The van der Waals surface area contributed by atoms with E-state index in [1.807, 2.05) is 0 Å². The van der Waals surface area contributed by atoms with Crippen LogP contribution in [-0.2, 0) is 4.79 Å². The summed E-state index contributed by atoms with van der Waals surface area (Å²) >= 11 is 0. The molecule has 0 aliphatic heterocycles. The lowest BCUT2D eigenvalue weighted by atomic mass is 10.0. The van der Waals surface area contributed by atoms with Crippen LogP contribution in [0.25, 0.3) is 0 Å². The molecule has 0 saturated carbocycles. The number of hydrogen-bond acceptors (Lipinski definition) is 4. The zero-order chi connectivity index (χ0) is 14.8. The van der Waals surface area contributed by atoms with Crippen molar-refractivity contribution in [2.75, 3.05) is 13.1 Å². The van der Waals surface area contributed by atoms with E-state index in [0.29, 0.717) is 6.42 Å². The Hall–Kier alpha value is -0.450. The maximum atomic E-state index is 10.1. The summed E-state index contributed by atoms with van der Waals surface area (Å²) in [6.07, 6.45) is 12.6. The smallest absolute Gasteiger partial charge is 0.121 e. The lowest BCUT2D eigenvalue weighted by Gasteiger charge is -2.05. The van der Waals surface area contributed by atoms with E-state index in [2.05, 4.69) is 25.1 Å². The highest BCUT2D eigenvalue weighted by atomic mass is 16.4. The highest BCUT2D eigenvalue weighted by Gasteiger charge is 1.95. The van der Waals surface area contributed by atoms with Crippen LogP contribution in [0.2, 0.25) is 0 Å². The lowest BCUT2D eigenvalue weighted by Crippen LogP contribution is -2.16. The Morgan fingerprint density at radius 2 is 1.47 bits per heavy atom. The first-order valence-electron chi connectivity index (χ1n) is 7.67. The van der Waals surface area contributed by atoms with Crippen LogP contribution >= 0.6 is 0 Å². The Morgan fingerprint density at radius 1 is 0.947 bits per heavy atom. The number of nitrogens with one attached hydrogen (secondary N) is 1. The maximum absolute atomic E-state index is 10.1. The average molecular weight is 274 g/mol. The number of carbonyl (C=O) groups is 1. The third-order valence-corrected chi connectivity index (χ3v) is 3.07. The van der Waals surface area contributed by atoms with Crippen molar-refractivity contribution in [1.29, 1.82) is 0 Å². The maximum Gasteiger partial charge on any atom is 0.121 e. The fourth-order valence-corrected chi connectivity index (χ4v) is 1.97. The van der Waals surface area contributed by atoms with Gasteiger partial charge < -0.3 is 15.3 Å². The van der Waals surface area contributed by atoms with Crippen molar-refractivity contribution >= 4 is 6.29 Å². The number of aldehydes is 1. The van der Waals surface area contributed by atoms with Gasteiger partial charge in [0.15, 0.2) is 0 Å². The molecule has 0 rings (SSSR count). The van der Waals surface area contributed by atoms with Gasteiger partial charge in [0, 0.05) is 13.0 Å². The van der Waals surface area contributed by atoms with Crippen molar-refractivity contribution in [3.8, 4) is 0 Å². The van der Waals surface area contributed by atoms with E-state index in [-0.39, 0.29) is 0 Å². The van der Waals surface area contributed by atoms with Gasteiger partial charge in [-0.15, -0.1) is 0 Å². The van der Waals surface area contributed by atoms with E-state index in [1.54, 1.807) is 0 Å². The van der Waals surface area contributed by atoms with Gasteiger partial charge in [-0.25, -0.2) is 5.90 Å². The van der Waals surface area contributed by atoms with Crippen LogP contribution in [0, 0.1) is 5.92 Å². The molecular formula is C15H34N2O2. The fraction of sp³-hybridized carbons (Fsp3) is 0.933. The molecule has 19 heavy (non-hydrogen) atoms. The van der Waals surface area contributed by atoms with Crippen LogP contribution in [0.4, 0.5) is 0 Å². The molecule has 0 spiro atoms. The number of rotatable bonds is 13. The summed E-state index contributed by atoms with van der Waals surface area (Å²) in [5, 5.41) is 9.78. The second kappa shape index (κ2) is 19.9. The van der Waals surface area contributed by atoms with Crippen molar-refractivity contribution in [3.05, 3.63) is 0 Å². The molecule has 0 aliphatic rings. The highest BCUT2D eigenvalue weighted by Crippen LogP contribution is 2.11. The molecule has 0 heterocycles.